The van der Waals surface area contributed by atoms with E-state index in [2.05, 4.69) is 43.0 Å². The standard InChI is InChI=1S/C22H34N2/c1-17(2)15-18-13-14-19(23)16-22(18)24(20-9-5-3-6-10-20)21-11-7-4-8-12-21/h13-16,20-21H,3-12,23H2,1-2H3. The predicted molar refractivity (Wildman–Crippen MR) is 106 cm³/mol. The molecule has 2 saturated carbocycles. The summed E-state index contributed by atoms with van der Waals surface area (Å²) >= 11 is 0. The van der Waals surface area contributed by atoms with Crippen LogP contribution < -0.4 is 10.6 Å². The number of benzene rings is 1. The van der Waals surface area contributed by atoms with Crippen molar-refractivity contribution in [1.29, 1.82) is 0 Å². The summed E-state index contributed by atoms with van der Waals surface area (Å²) in [5.41, 5.74) is 11.2. The molecular weight excluding hydrogens is 292 g/mol. The molecule has 0 spiro atoms. The zero-order chi connectivity index (χ0) is 16.9. The molecule has 0 radical (unpaired) electrons. The Labute approximate surface area is 148 Å². The molecule has 2 N–H and O–H groups in total. The van der Waals surface area contributed by atoms with E-state index >= 15 is 0 Å². The second kappa shape index (κ2) is 8.09. The molecule has 2 heteroatoms. The normalized spacial score (nSPS) is 19.9. The monoisotopic (exact) mass is 326 g/mol. The van der Waals surface area contributed by atoms with Crippen LogP contribution in [-0.2, 0) is 0 Å². The predicted octanol–water partition coefficient (Wildman–Crippen LogP) is 6.16. The lowest BCUT2D eigenvalue weighted by Crippen LogP contribution is -2.45. The van der Waals surface area contributed by atoms with Crippen LogP contribution in [0.15, 0.2) is 23.8 Å². The van der Waals surface area contributed by atoms with Gasteiger partial charge in [0.2, 0.25) is 0 Å². The van der Waals surface area contributed by atoms with Gasteiger partial charge in [-0.1, -0.05) is 56.2 Å². The lowest BCUT2D eigenvalue weighted by Gasteiger charge is -2.44. The summed E-state index contributed by atoms with van der Waals surface area (Å²) < 4.78 is 0. The number of hydrogen-bond acceptors (Lipinski definition) is 2. The highest BCUT2D eigenvalue weighted by Gasteiger charge is 2.30. The molecule has 0 amide bonds. The van der Waals surface area contributed by atoms with E-state index in [0.29, 0.717) is 12.1 Å². The topological polar surface area (TPSA) is 29.3 Å². The van der Waals surface area contributed by atoms with Crippen molar-refractivity contribution >= 4 is 17.5 Å². The van der Waals surface area contributed by atoms with Crippen molar-refractivity contribution in [2.75, 3.05) is 10.6 Å². The van der Waals surface area contributed by atoms with Crippen molar-refractivity contribution < 1.29 is 0 Å². The van der Waals surface area contributed by atoms with E-state index in [-0.39, 0.29) is 0 Å². The Morgan fingerprint density at radius 3 is 1.96 bits per heavy atom. The zero-order valence-corrected chi connectivity index (χ0v) is 15.6. The minimum absolute atomic E-state index is 0.702. The first kappa shape index (κ1) is 17.4. The minimum atomic E-state index is 0.702. The third kappa shape index (κ3) is 4.15. The number of rotatable bonds is 4. The van der Waals surface area contributed by atoms with E-state index in [1.807, 2.05) is 0 Å². The molecule has 0 saturated heterocycles. The summed E-state index contributed by atoms with van der Waals surface area (Å²) in [6.45, 7) is 4.37. The maximum atomic E-state index is 6.21. The summed E-state index contributed by atoms with van der Waals surface area (Å²) in [6, 6.07) is 7.91. The summed E-state index contributed by atoms with van der Waals surface area (Å²) in [7, 11) is 0. The van der Waals surface area contributed by atoms with Crippen molar-refractivity contribution in [2.24, 2.45) is 0 Å². The van der Waals surface area contributed by atoms with Crippen LogP contribution in [0.3, 0.4) is 0 Å². The lowest BCUT2D eigenvalue weighted by atomic mass is 9.87. The molecule has 24 heavy (non-hydrogen) atoms. The first-order valence-electron chi connectivity index (χ1n) is 9.98. The maximum absolute atomic E-state index is 6.21. The number of hydrogen-bond donors (Lipinski definition) is 1. The Hall–Kier alpha value is -1.44. The Morgan fingerprint density at radius 1 is 0.917 bits per heavy atom. The Balaban J connectivity index is 2.00. The molecule has 2 fully saturated rings. The third-order valence-corrected chi connectivity index (χ3v) is 5.71. The molecule has 0 atom stereocenters. The van der Waals surface area contributed by atoms with Gasteiger partial charge in [-0.15, -0.1) is 0 Å². The molecule has 132 valence electrons. The third-order valence-electron chi connectivity index (χ3n) is 5.71. The van der Waals surface area contributed by atoms with Gasteiger partial charge < -0.3 is 10.6 Å². The van der Waals surface area contributed by atoms with Crippen LogP contribution in [0.5, 0.6) is 0 Å². The van der Waals surface area contributed by atoms with Gasteiger partial charge in [-0.05, 0) is 57.2 Å². The fourth-order valence-corrected chi connectivity index (χ4v) is 4.63. The summed E-state index contributed by atoms with van der Waals surface area (Å²) in [4.78, 5) is 2.80. The molecule has 0 unspecified atom stereocenters. The van der Waals surface area contributed by atoms with Crippen LogP contribution in [0.2, 0.25) is 0 Å². The van der Waals surface area contributed by atoms with E-state index in [1.54, 1.807) is 0 Å². The fourth-order valence-electron chi connectivity index (χ4n) is 4.63. The number of nitrogen functional groups attached to an aromatic ring is 1. The van der Waals surface area contributed by atoms with Crippen LogP contribution >= 0.6 is 0 Å². The smallest absolute Gasteiger partial charge is 0.0465 e. The van der Waals surface area contributed by atoms with Gasteiger partial charge >= 0.3 is 0 Å². The van der Waals surface area contributed by atoms with Gasteiger partial charge in [-0.3, -0.25) is 0 Å². The molecule has 2 aliphatic rings. The second-order valence-electron chi connectivity index (χ2n) is 8.03. The Kier molecular flexibility index (Phi) is 5.86. The molecule has 2 aliphatic carbocycles. The first-order valence-corrected chi connectivity index (χ1v) is 9.98. The molecule has 0 aliphatic heterocycles. The number of anilines is 2. The molecule has 0 heterocycles. The van der Waals surface area contributed by atoms with E-state index in [9.17, 15) is 0 Å². The van der Waals surface area contributed by atoms with Crippen LogP contribution in [0.25, 0.3) is 6.08 Å². The van der Waals surface area contributed by atoms with E-state index in [0.717, 1.165) is 5.69 Å². The molecule has 1 aromatic carbocycles. The van der Waals surface area contributed by atoms with Gasteiger partial charge in [-0.25, -0.2) is 0 Å². The van der Waals surface area contributed by atoms with Gasteiger partial charge in [0.25, 0.3) is 0 Å². The number of nitrogens with zero attached hydrogens (tertiary/aromatic N) is 1. The van der Waals surface area contributed by atoms with Gasteiger partial charge in [0.05, 0.1) is 0 Å². The quantitative estimate of drug-likeness (QED) is 0.671. The Morgan fingerprint density at radius 2 is 1.46 bits per heavy atom. The van der Waals surface area contributed by atoms with E-state index in [1.165, 1.54) is 81.0 Å². The van der Waals surface area contributed by atoms with Crippen LogP contribution in [0.4, 0.5) is 11.4 Å². The SMILES string of the molecule is CC(C)=Cc1ccc(N)cc1N(C1CCCCC1)C1CCCCC1. The maximum Gasteiger partial charge on any atom is 0.0465 e. The van der Waals surface area contributed by atoms with Crippen LogP contribution in [-0.4, -0.2) is 12.1 Å². The number of nitrogens with two attached hydrogens (primary N) is 1. The molecule has 2 nitrogen and oxygen atoms in total. The largest absolute Gasteiger partial charge is 0.399 e. The van der Waals surface area contributed by atoms with Crippen molar-refractivity contribution in [2.45, 2.75) is 90.1 Å². The van der Waals surface area contributed by atoms with Crippen molar-refractivity contribution in [3.8, 4) is 0 Å². The minimum Gasteiger partial charge on any atom is -0.399 e. The zero-order valence-electron chi connectivity index (χ0n) is 15.6. The molecule has 3 rings (SSSR count). The van der Waals surface area contributed by atoms with Gasteiger partial charge in [0, 0.05) is 23.5 Å². The molecule has 0 aromatic heterocycles. The van der Waals surface area contributed by atoms with Crippen molar-refractivity contribution in [1.82, 2.24) is 0 Å². The molecule has 0 bridgehead atoms. The van der Waals surface area contributed by atoms with Gasteiger partial charge in [0.1, 0.15) is 0 Å². The van der Waals surface area contributed by atoms with Gasteiger partial charge in [-0.2, -0.15) is 0 Å². The highest BCUT2D eigenvalue weighted by atomic mass is 15.2. The fraction of sp³-hybridized carbons (Fsp3) is 0.636. The first-order chi connectivity index (χ1) is 11.6. The highest BCUT2D eigenvalue weighted by Crippen LogP contribution is 2.37. The van der Waals surface area contributed by atoms with Crippen molar-refractivity contribution in [3.63, 3.8) is 0 Å². The highest BCUT2D eigenvalue weighted by molar-refractivity contribution is 5.73. The molecule has 1 aromatic rings. The summed E-state index contributed by atoms with van der Waals surface area (Å²) in [5.74, 6) is 0. The van der Waals surface area contributed by atoms with Crippen LogP contribution in [0.1, 0.15) is 83.6 Å². The van der Waals surface area contributed by atoms with E-state index in [4.69, 9.17) is 5.73 Å². The number of allylic oxidation sites excluding steroid dienone is 1. The Bertz CT molecular complexity index is 541. The lowest BCUT2D eigenvalue weighted by molar-refractivity contribution is 0.340. The summed E-state index contributed by atoms with van der Waals surface area (Å²) in [5, 5.41) is 0. The average Bonchev–Trinajstić information content (AvgIpc) is 2.59. The van der Waals surface area contributed by atoms with Crippen molar-refractivity contribution in [3.05, 3.63) is 29.3 Å². The van der Waals surface area contributed by atoms with Gasteiger partial charge in [0.15, 0.2) is 0 Å². The van der Waals surface area contributed by atoms with E-state index < -0.39 is 0 Å². The second-order valence-corrected chi connectivity index (χ2v) is 8.03. The molecular formula is C22H34N2. The average molecular weight is 327 g/mol. The summed E-state index contributed by atoms with van der Waals surface area (Å²) in [6.07, 6.45) is 16.1. The van der Waals surface area contributed by atoms with Crippen LogP contribution in [0, 0.1) is 0 Å².